The molecule has 1 aliphatic carbocycles. The monoisotopic (exact) mass is 392 g/mol. The second-order valence-electron chi connectivity index (χ2n) is 7.71. The summed E-state index contributed by atoms with van der Waals surface area (Å²) in [4.78, 5) is 14.1. The van der Waals surface area contributed by atoms with Crippen molar-refractivity contribution in [2.75, 3.05) is 37.6 Å². The lowest BCUT2D eigenvalue weighted by molar-refractivity contribution is 0.218. The third-order valence-electron chi connectivity index (χ3n) is 5.22. The van der Waals surface area contributed by atoms with Crippen molar-refractivity contribution in [1.29, 1.82) is 0 Å². The number of pyridine rings is 1. The van der Waals surface area contributed by atoms with Gasteiger partial charge >= 0.3 is 0 Å². The number of aliphatic imine (C=N–C) groups is 1. The van der Waals surface area contributed by atoms with Crippen LogP contribution in [0.1, 0.15) is 40.0 Å². The Morgan fingerprint density at radius 2 is 2.22 bits per heavy atom. The Kier molecular flexibility index (Phi) is 7.19. The number of aromatic nitrogens is 1. The first-order valence-corrected chi connectivity index (χ1v) is 10.6. The van der Waals surface area contributed by atoms with Crippen LogP contribution in [0.4, 0.5) is 5.82 Å². The highest BCUT2D eigenvalue weighted by atomic mass is 35.5. The van der Waals surface area contributed by atoms with Crippen LogP contribution in [0.3, 0.4) is 0 Å². The smallest absolute Gasteiger partial charge is 0.191 e. The zero-order valence-electron chi connectivity index (χ0n) is 16.8. The SMILES string of the molecule is CCNC(=NCCN(C(C)C)C1CC1)NC1CCN(c2ncccc2Cl)C1. The van der Waals surface area contributed by atoms with Gasteiger partial charge in [0.1, 0.15) is 5.82 Å². The summed E-state index contributed by atoms with van der Waals surface area (Å²) in [5, 5.41) is 7.69. The van der Waals surface area contributed by atoms with Gasteiger partial charge in [0.25, 0.3) is 0 Å². The molecular formula is C20H33ClN6. The number of nitrogens with one attached hydrogen (secondary N) is 2. The zero-order chi connectivity index (χ0) is 19.2. The molecule has 0 radical (unpaired) electrons. The van der Waals surface area contributed by atoms with E-state index < -0.39 is 0 Å². The Balaban J connectivity index is 1.52. The summed E-state index contributed by atoms with van der Waals surface area (Å²) in [5.41, 5.74) is 0. The van der Waals surface area contributed by atoms with Crippen LogP contribution < -0.4 is 15.5 Å². The van der Waals surface area contributed by atoms with E-state index in [0.717, 1.165) is 57.0 Å². The minimum absolute atomic E-state index is 0.352. The average Bonchev–Trinajstić information content (AvgIpc) is 3.37. The number of rotatable bonds is 8. The Bertz CT molecular complexity index is 629. The van der Waals surface area contributed by atoms with Gasteiger partial charge in [-0.25, -0.2) is 4.98 Å². The van der Waals surface area contributed by atoms with Gasteiger partial charge in [0.2, 0.25) is 0 Å². The highest BCUT2D eigenvalue weighted by Gasteiger charge is 2.30. The third kappa shape index (κ3) is 5.72. The molecule has 1 saturated heterocycles. The fourth-order valence-electron chi connectivity index (χ4n) is 3.74. The number of anilines is 1. The summed E-state index contributed by atoms with van der Waals surface area (Å²) < 4.78 is 0. The predicted molar refractivity (Wildman–Crippen MR) is 114 cm³/mol. The summed E-state index contributed by atoms with van der Waals surface area (Å²) in [6.07, 6.45) is 5.54. The molecule has 2 fully saturated rings. The van der Waals surface area contributed by atoms with Crippen LogP contribution in [0, 0.1) is 0 Å². The zero-order valence-corrected chi connectivity index (χ0v) is 17.5. The van der Waals surface area contributed by atoms with Crippen LogP contribution in [0.2, 0.25) is 5.02 Å². The molecule has 2 aliphatic rings. The standard InChI is InChI=1S/C20H33ClN6/c1-4-22-20(24-11-13-27(15(2)3)17-7-8-17)25-16-9-12-26(14-16)19-18(21)6-5-10-23-19/h5-6,10,15-17H,4,7-9,11-14H2,1-3H3,(H2,22,24,25). The number of hydrogen-bond donors (Lipinski definition) is 2. The molecule has 2 N–H and O–H groups in total. The third-order valence-corrected chi connectivity index (χ3v) is 5.51. The Morgan fingerprint density at radius 1 is 1.41 bits per heavy atom. The van der Waals surface area contributed by atoms with Crippen LogP contribution in [0.5, 0.6) is 0 Å². The molecule has 0 bridgehead atoms. The molecule has 2 heterocycles. The second kappa shape index (κ2) is 9.60. The van der Waals surface area contributed by atoms with E-state index >= 15 is 0 Å². The average molecular weight is 393 g/mol. The fourth-order valence-corrected chi connectivity index (χ4v) is 3.98. The second-order valence-corrected chi connectivity index (χ2v) is 8.12. The van der Waals surface area contributed by atoms with Gasteiger partial charge in [-0.05, 0) is 52.2 Å². The number of hydrogen-bond acceptors (Lipinski definition) is 4. The molecule has 150 valence electrons. The molecule has 1 saturated carbocycles. The summed E-state index contributed by atoms with van der Waals surface area (Å²) in [6, 6.07) is 5.49. The molecule has 27 heavy (non-hydrogen) atoms. The van der Waals surface area contributed by atoms with Crippen molar-refractivity contribution < 1.29 is 0 Å². The van der Waals surface area contributed by atoms with E-state index in [2.05, 4.69) is 46.2 Å². The van der Waals surface area contributed by atoms with Crippen molar-refractivity contribution in [2.24, 2.45) is 4.99 Å². The largest absolute Gasteiger partial charge is 0.357 e. The van der Waals surface area contributed by atoms with Gasteiger partial charge in [-0.1, -0.05) is 11.6 Å². The Morgan fingerprint density at radius 3 is 2.89 bits per heavy atom. The van der Waals surface area contributed by atoms with E-state index in [9.17, 15) is 0 Å². The topological polar surface area (TPSA) is 55.8 Å². The highest BCUT2D eigenvalue weighted by Crippen LogP contribution is 2.28. The maximum Gasteiger partial charge on any atom is 0.191 e. The molecular weight excluding hydrogens is 360 g/mol. The molecule has 0 aromatic carbocycles. The maximum absolute atomic E-state index is 6.30. The van der Waals surface area contributed by atoms with Gasteiger partial charge in [0, 0.05) is 50.5 Å². The van der Waals surface area contributed by atoms with Crippen LogP contribution in [0.15, 0.2) is 23.3 Å². The maximum atomic E-state index is 6.30. The predicted octanol–water partition coefficient (Wildman–Crippen LogP) is 2.74. The highest BCUT2D eigenvalue weighted by molar-refractivity contribution is 6.32. The van der Waals surface area contributed by atoms with Gasteiger partial charge in [0.05, 0.1) is 11.6 Å². The summed E-state index contributed by atoms with van der Waals surface area (Å²) >= 11 is 6.30. The van der Waals surface area contributed by atoms with Crippen molar-refractivity contribution in [3.05, 3.63) is 23.4 Å². The summed E-state index contributed by atoms with van der Waals surface area (Å²) in [7, 11) is 0. The van der Waals surface area contributed by atoms with Crippen molar-refractivity contribution in [1.82, 2.24) is 20.5 Å². The normalized spacial score (nSPS) is 20.6. The first-order valence-electron chi connectivity index (χ1n) is 10.2. The number of nitrogens with zero attached hydrogens (tertiary/aromatic N) is 4. The van der Waals surface area contributed by atoms with Gasteiger partial charge in [0.15, 0.2) is 5.96 Å². The minimum Gasteiger partial charge on any atom is -0.357 e. The van der Waals surface area contributed by atoms with Crippen LogP contribution in [-0.2, 0) is 0 Å². The molecule has 1 unspecified atom stereocenters. The Labute approximate surface area is 168 Å². The lowest BCUT2D eigenvalue weighted by Crippen LogP contribution is -2.45. The van der Waals surface area contributed by atoms with E-state index in [1.165, 1.54) is 12.8 Å². The van der Waals surface area contributed by atoms with Gasteiger partial charge in [-0.3, -0.25) is 9.89 Å². The molecule has 0 spiro atoms. The molecule has 1 aliphatic heterocycles. The summed E-state index contributed by atoms with van der Waals surface area (Å²) in [5.74, 6) is 1.79. The Hall–Kier alpha value is -1.53. The van der Waals surface area contributed by atoms with Crippen LogP contribution in [-0.4, -0.2) is 66.7 Å². The molecule has 1 atom stereocenters. The van der Waals surface area contributed by atoms with E-state index in [4.69, 9.17) is 16.6 Å². The lowest BCUT2D eigenvalue weighted by atomic mass is 10.3. The fraction of sp³-hybridized carbons (Fsp3) is 0.700. The van der Waals surface area contributed by atoms with E-state index in [-0.39, 0.29) is 0 Å². The molecule has 3 rings (SSSR count). The minimum atomic E-state index is 0.352. The lowest BCUT2D eigenvalue weighted by Gasteiger charge is -2.25. The van der Waals surface area contributed by atoms with Crippen molar-refractivity contribution >= 4 is 23.4 Å². The van der Waals surface area contributed by atoms with Crippen molar-refractivity contribution in [3.8, 4) is 0 Å². The quantitative estimate of drug-likeness (QED) is 0.526. The molecule has 6 nitrogen and oxygen atoms in total. The van der Waals surface area contributed by atoms with Gasteiger partial charge in [-0.15, -0.1) is 0 Å². The molecule has 1 aromatic rings. The summed E-state index contributed by atoms with van der Waals surface area (Å²) in [6.45, 7) is 11.2. The molecule has 7 heteroatoms. The van der Waals surface area contributed by atoms with Gasteiger partial charge in [-0.2, -0.15) is 0 Å². The van der Waals surface area contributed by atoms with Crippen molar-refractivity contribution in [3.63, 3.8) is 0 Å². The van der Waals surface area contributed by atoms with E-state index in [1.54, 1.807) is 6.20 Å². The van der Waals surface area contributed by atoms with E-state index in [0.29, 0.717) is 17.1 Å². The first-order chi connectivity index (χ1) is 13.1. The number of guanidine groups is 1. The van der Waals surface area contributed by atoms with Crippen LogP contribution >= 0.6 is 11.6 Å². The number of halogens is 1. The van der Waals surface area contributed by atoms with Crippen LogP contribution in [0.25, 0.3) is 0 Å². The van der Waals surface area contributed by atoms with Gasteiger partial charge < -0.3 is 15.5 Å². The first kappa shape index (κ1) is 20.2. The molecule has 1 aromatic heterocycles. The van der Waals surface area contributed by atoms with Crippen molar-refractivity contribution in [2.45, 2.75) is 58.2 Å². The van der Waals surface area contributed by atoms with E-state index in [1.807, 2.05) is 12.1 Å². The molecule has 0 amide bonds.